The van der Waals surface area contributed by atoms with E-state index in [1.54, 1.807) is 36.4 Å². The molecule has 1 aromatic heterocycles. The van der Waals surface area contributed by atoms with Crippen molar-refractivity contribution in [2.45, 2.75) is 19.3 Å². The second-order valence-corrected chi connectivity index (χ2v) is 4.74. The third kappa shape index (κ3) is 3.95. The molecule has 0 aliphatic carbocycles. The third-order valence-corrected chi connectivity index (χ3v) is 3.27. The van der Waals surface area contributed by atoms with E-state index in [2.05, 4.69) is 0 Å². The number of carbonyl (C=O) groups excluding carboxylic acids is 1. The molecule has 0 N–H and O–H groups in total. The van der Waals surface area contributed by atoms with Crippen molar-refractivity contribution in [3.63, 3.8) is 0 Å². The van der Waals surface area contributed by atoms with Gasteiger partial charge in [0.15, 0.2) is 0 Å². The minimum atomic E-state index is -0.251. The molecule has 20 heavy (non-hydrogen) atoms. The van der Waals surface area contributed by atoms with Gasteiger partial charge in [0.25, 0.3) is 0 Å². The van der Waals surface area contributed by atoms with Crippen molar-refractivity contribution < 1.29 is 13.6 Å². The van der Waals surface area contributed by atoms with E-state index in [9.17, 15) is 9.18 Å². The predicted octanol–water partition coefficient (Wildman–Crippen LogP) is 3.05. The molecule has 0 spiro atoms. The highest BCUT2D eigenvalue weighted by molar-refractivity contribution is 5.76. The monoisotopic (exact) mass is 275 g/mol. The average Bonchev–Trinajstić information content (AvgIpc) is 2.97. The van der Waals surface area contributed by atoms with Crippen molar-refractivity contribution in [1.82, 2.24) is 4.90 Å². The maximum Gasteiger partial charge on any atom is 0.222 e. The predicted molar refractivity (Wildman–Crippen MR) is 74.8 cm³/mol. The van der Waals surface area contributed by atoms with Crippen LogP contribution in [-0.4, -0.2) is 24.4 Å². The molecule has 2 rings (SSSR count). The SMILES string of the molecule is CN(CCc1ccco1)C(=O)CCc1ccccc1F. The quantitative estimate of drug-likeness (QED) is 0.812. The molecule has 0 bridgehead atoms. The molecule has 2 aromatic rings. The maximum absolute atomic E-state index is 13.4. The summed E-state index contributed by atoms with van der Waals surface area (Å²) in [4.78, 5) is 13.6. The van der Waals surface area contributed by atoms with Crippen LogP contribution in [0.15, 0.2) is 47.1 Å². The van der Waals surface area contributed by atoms with Crippen molar-refractivity contribution in [3.05, 3.63) is 59.8 Å². The number of furan rings is 1. The number of hydrogen-bond acceptors (Lipinski definition) is 2. The Kier molecular flexibility index (Phi) is 4.93. The molecule has 106 valence electrons. The number of likely N-dealkylation sites (N-methyl/N-ethyl adjacent to an activating group) is 1. The summed E-state index contributed by atoms with van der Waals surface area (Å²) in [5, 5.41) is 0. The lowest BCUT2D eigenvalue weighted by molar-refractivity contribution is -0.129. The van der Waals surface area contributed by atoms with Crippen LogP contribution in [0.5, 0.6) is 0 Å². The topological polar surface area (TPSA) is 33.5 Å². The Hall–Kier alpha value is -2.10. The first-order valence-electron chi connectivity index (χ1n) is 6.66. The molecule has 0 saturated heterocycles. The lowest BCUT2D eigenvalue weighted by atomic mass is 10.1. The zero-order valence-corrected chi connectivity index (χ0v) is 11.5. The maximum atomic E-state index is 13.4. The van der Waals surface area contributed by atoms with Crippen LogP contribution >= 0.6 is 0 Å². The van der Waals surface area contributed by atoms with Crippen LogP contribution in [0.3, 0.4) is 0 Å². The van der Waals surface area contributed by atoms with Gasteiger partial charge in [0.2, 0.25) is 5.91 Å². The molecular formula is C16H18FNO2. The minimum absolute atomic E-state index is 0.0137. The molecule has 1 heterocycles. The molecule has 0 aliphatic heterocycles. The molecular weight excluding hydrogens is 257 g/mol. The van der Waals surface area contributed by atoms with E-state index in [4.69, 9.17) is 4.42 Å². The number of amides is 1. The number of hydrogen-bond donors (Lipinski definition) is 0. The van der Waals surface area contributed by atoms with E-state index in [-0.39, 0.29) is 11.7 Å². The van der Waals surface area contributed by atoms with Crippen LogP contribution in [0.25, 0.3) is 0 Å². The van der Waals surface area contributed by atoms with Crippen LogP contribution in [0, 0.1) is 5.82 Å². The average molecular weight is 275 g/mol. The van der Waals surface area contributed by atoms with Gasteiger partial charge in [0, 0.05) is 26.4 Å². The first-order valence-corrected chi connectivity index (χ1v) is 6.66. The molecule has 0 unspecified atom stereocenters. The molecule has 3 nitrogen and oxygen atoms in total. The molecule has 0 radical (unpaired) electrons. The fourth-order valence-corrected chi connectivity index (χ4v) is 1.99. The lowest BCUT2D eigenvalue weighted by Gasteiger charge is -2.16. The van der Waals surface area contributed by atoms with Gasteiger partial charge >= 0.3 is 0 Å². The Morgan fingerprint density at radius 1 is 1.20 bits per heavy atom. The summed E-state index contributed by atoms with van der Waals surface area (Å²) in [6.45, 7) is 0.601. The third-order valence-electron chi connectivity index (χ3n) is 3.27. The highest BCUT2D eigenvalue weighted by Gasteiger charge is 2.11. The summed E-state index contributed by atoms with van der Waals surface area (Å²) in [6, 6.07) is 10.3. The normalized spacial score (nSPS) is 10.5. The van der Waals surface area contributed by atoms with Gasteiger partial charge in [-0.3, -0.25) is 4.79 Å². The molecule has 0 saturated carbocycles. The van der Waals surface area contributed by atoms with E-state index in [0.29, 0.717) is 31.4 Å². The summed E-state index contributed by atoms with van der Waals surface area (Å²) in [5.41, 5.74) is 0.584. The second-order valence-electron chi connectivity index (χ2n) is 4.74. The van der Waals surface area contributed by atoms with Gasteiger partial charge in [-0.15, -0.1) is 0 Å². The van der Waals surface area contributed by atoms with E-state index in [1.165, 1.54) is 6.07 Å². The van der Waals surface area contributed by atoms with E-state index in [0.717, 1.165) is 5.76 Å². The van der Waals surface area contributed by atoms with Crippen LogP contribution in [0.2, 0.25) is 0 Å². The first kappa shape index (κ1) is 14.3. The Balaban J connectivity index is 1.78. The van der Waals surface area contributed by atoms with Crippen LogP contribution in [0.1, 0.15) is 17.7 Å². The first-order chi connectivity index (χ1) is 9.66. The number of nitrogens with zero attached hydrogens (tertiary/aromatic N) is 1. The van der Waals surface area contributed by atoms with Gasteiger partial charge in [0.05, 0.1) is 6.26 Å². The van der Waals surface area contributed by atoms with Crippen LogP contribution in [-0.2, 0) is 17.6 Å². The van der Waals surface area contributed by atoms with Gasteiger partial charge in [-0.1, -0.05) is 18.2 Å². The molecule has 1 aromatic carbocycles. The van der Waals surface area contributed by atoms with Crippen molar-refractivity contribution in [2.24, 2.45) is 0 Å². The van der Waals surface area contributed by atoms with E-state index < -0.39 is 0 Å². The number of benzene rings is 1. The Morgan fingerprint density at radius 3 is 2.70 bits per heavy atom. The van der Waals surface area contributed by atoms with E-state index >= 15 is 0 Å². The van der Waals surface area contributed by atoms with Crippen molar-refractivity contribution in [1.29, 1.82) is 0 Å². The zero-order valence-electron chi connectivity index (χ0n) is 11.5. The van der Waals surface area contributed by atoms with Gasteiger partial charge < -0.3 is 9.32 Å². The molecule has 1 amide bonds. The minimum Gasteiger partial charge on any atom is -0.469 e. The fraction of sp³-hybridized carbons (Fsp3) is 0.312. The lowest BCUT2D eigenvalue weighted by Crippen LogP contribution is -2.29. The van der Waals surface area contributed by atoms with E-state index in [1.807, 2.05) is 12.1 Å². The number of carbonyl (C=O) groups is 1. The number of aryl methyl sites for hydroxylation is 1. The Labute approximate surface area is 118 Å². The summed E-state index contributed by atoms with van der Waals surface area (Å²) in [7, 11) is 1.76. The van der Waals surface area contributed by atoms with Crippen molar-refractivity contribution in [2.75, 3.05) is 13.6 Å². The van der Waals surface area contributed by atoms with Gasteiger partial charge in [-0.2, -0.15) is 0 Å². The van der Waals surface area contributed by atoms with Crippen molar-refractivity contribution in [3.8, 4) is 0 Å². The fourth-order valence-electron chi connectivity index (χ4n) is 1.99. The Morgan fingerprint density at radius 2 is 2.00 bits per heavy atom. The highest BCUT2D eigenvalue weighted by atomic mass is 19.1. The summed E-state index contributed by atoms with van der Waals surface area (Å²) >= 11 is 0. The highest BCUT2D eigenvalue weighted by Crippen LogP contribution is 2.10. The second kappa shape index (κ2) is 6.89. The standard InChI is InChI=1S/C16H18FNO2/c1-18(11-10-14-6-4-12-20-14)16(19)9-8-13-5-2-3-7-15(13)17/h2-7,12H,8-11H2,1H3. The van der Waals surface area contributed by atoms with Crippen LogP contribution in [0.4, 0.5) is 4.39 Å². The largest absolute Gasteiger partial charge is 0.469 e. The van der Waals surface area contributed by atoms with Crippen LogP contribution < -0.4 is 0 Å². The summed E-state index contributed by atoms with van der Waals surface area (Å²) < 4.78 is 18.7. The number of rotatable bonds is 6. The molecule has 0 atom stereocenters. The van der Waals surface area contributed by atoms with Gasteiger partial charge in [0.1, 0.15) is 11.6 Å². The molecule has 0 aliphatic rings. The summed E-state index contributed by atoms with van der Waals surface area (Å²) in [5.74, 6) is 0.622. The smallest absolute Gasteiger partial charge is 0.222 e. The van der Waals surface area contributed by atoms with Gasteiger partial charge in [-0.25, -0.2) is 4.39 Å². The molecule has 4 heteroatoms. The van der Waals surface area contributed by atoms with Gasteiger partial charge in [-0.05, 0) is 30.2 Å². The molecule has 0 fully saturated rings. The summed E-state index contributed by atoms with van der Waals surface area (Å²) in [6.07, 6.45) is 3.05. The Bertz CT molecular complexity index is 551. The van der Waals surface area contributed by atoms with Crippen molar-refractivity contribution >= 4 is 5.91 Å². The number of halogens is 1. The zero-order chi connectivity index (χ0) is 14.4.